The minimum Gasteiger partial charge on any atom is -0.309 e. The number of halogens is 2. The van der Waals surface area contributed by atoms with Crippen molar-refractivity contribution in [2.75, 3.05) is 12.8 Å². The van der Waals surface area contributed by atoms with Crippen LogP contribution in [0.25, 0.3) is 0 Å². The van der Waals surface area contributed by atoms with E-state index < -0.39 is 0 Å². The van der Waals surface area contributed by atoms with Crippen LogP contribution in [0.4, 0.5) is 4.39 Å². The Morgan fingerprint density at radius 1 is 1.50 bits per heavy atom. The zero-order valence-electron chi connectivity index (χ0n) is 10.8. The fraction of sp³-hybridized carbons (Fsp3) is 0.571. The maximum atomic E-state index is 13.8. The molecule has 1 saturated carbocycles. The van der Waals surface area contributed by atoms with Crippen LogP contribution in [-0.4, -0.2) is 17.5 Å². The van der Waals surface area contributed by atoms with Crippen molar-refractivity contribution in [1.82, 2.24) is 5.32 Å². The fourth-order valence-electron chi connectivity index (χ4n) is 2.33. The Kier molecular flexibility index (Phi) is 4.73. The summed E-state index contributed by atoms with van der Waals surface area (Å²) in [7, 11) is 0. The molecule has 1 nitrogen and oxygen atoms in total. The number of rotatable bonds is 5. The van der Waals surface area contributed by atoms with E-state index in [2.05, 4.69) is 27.5 Å². The summed E-state index contributed by atoms with van der Waals surface area (Å²) in [6.45, 7) is 2.99. The summed E-state index contributed by atoms with van der Waals surface area (Å²) < 4.78 is 15.0. The second-order valence-electron chi connectivity index (χ2n) is 5.01. The quantitative estimate of drug-likeness (QED) is 0.850. The Balaban J connectivity index is 1.97. The molecule has 1 aromatic carbocycles. The van der Waals surface area contributed by atoms with Gasteiger partial charge in [-0.15, -0.1) is 0 Å². The molecule has 1 aliphatic rings. The first-order valence-electron chi connectivity index (χ1n) is 6.30. The Morgan fingerprint density at radius 2 is 2.22 bits per heavy atom. The molecule has 2 rings (SSSR count). The van der Waals surface area contributed by atoms with Gasteiger partial charge in [0.1, 0.15) is 5.82 Å². The van der Waals surface area contributed by atoms with Crippen LogP contribution in [-0.2, 0) is 0 Å². The third-order valence-electron chi connectivity index (χ3n) is 3.86. The highest BCUT2D eigenvalue weighted by Crippen LogP contribution is 2.42. The lowest BCUT2D eigenvalue weighted by atomic mass is 9.84. The van der Waals surface area contributed by atoms with Gasteiger partial charge in [0.05, 0.1) is 0 Å². The molecule has 0 aromatic heterocycles. The Labute approximate surface area is 121 Å². The lowest BCUT2D eigenvalue weighted by Gasteiger charge is -2.41. The van der Waals surface area contributed by atoms with Crippen molar-refractivity contribution in [3.8, 4) is 0 Å². The molecule has 0 bridgehead atoms. The predicted molar refractivity (Wildman–Crippen MR) is 80.6 cm³/mol. The molecular formula is C14H19BrFNS. The van der Waals surface area contributed by atoms with Crippen LogP contribution in [0.2, 0.25) is 0 Å². The average molecular weight is 332 g/mol. The molecule has 1 N–H and O–H groups in total. The summed E-state index contributed by atoms with van der Waals surface area (Å²) in [5, 5.41) is 3.48. The molecule has 100 valence electrons. The molecule has 0 heterocycles. The largest absolute Gasteiger partial charge is 0.309 e. The average Bonchev–Trinajstić information content (AvgIpc) is 2.27. The number of nitrogens with one attached hydrogen (secondary N) is 1. The van der Waals surface area contributed by atoms with Gasteiger partial charge in [-0.3, -0.25) is 0 Å². The van der Waals surface area contributed by atoms with Crippen LogP contribution in [0.1, 0.15) is 37.8 Å². The summed E-state index contributed by atoms with van der Waals surface area (Å²) in [6.07, 6.45) is 6.04. The van der Waals surface area contributed by atoms with Gasteiger partial charge >= 0.3 is 0 Å². The van der Waals surface area contributed by atoms with Crippen LogP contribution in [0.15, 0.2) is 22.7 Å². The lowest BCUT2D eigenvalue weighted by Crippen LogP contribution is -2.44. The van der Waals surface area contributed by atoms with Crippen LogP contribution < -0.4 is 5.32 Å². The standard InChI is InChI=1S/C14H19BrFNS/c1-10(12-5-4-11(15)8-13(12)16)17-9-14(18-2)6-3-7-14/h4-5,8,10,17H,3,6-7,9H2,1-2H3. The highest BCUT2D eigenvalue weighted by atomic mass is 79.9. The molecule has 1 aromatic rings. The second kappa shape index (κ2) is 5.93. The van der Waals surface area contributed by atoms with Crippen molar-refractivity contribution in [1.29, 1.82) is 0 Å². The third-order valence-corrected chi connectivity index (χ3v) is 5.77. The molecule has 18 heavy (non-hydrogen) atoms. The van der Waals surface area contributed by atoms with Gasteiger partial charge in [-0.1, -0.05) is 28.4 Å². The summed E-state index contributed by atoms with van der Waals surface area (Å²) in [4.78, 5) is 0. The Morgan fingerprint density at radius 3 is 2.72 bits per heavy atom. The molecular weight excluding hydrogens is 313 g/mol. The molecule has 0 aliphatic heterocycles. The molecule has 0 spiro atoms. The monoisotopic (exact) mass is 331 g/mol. The Bertz CT molecular complexity index is 415. The molecule has 1 unspecified atom stereocenters. The number of thioether (sulfide) groups is 1. The van der Waals surface area contributed by atoms with Crippen molar-refractivity contribution < 1.29 is 4.39 Å². The first-order valence-corrected chi connectivity index (χ1v) is 8.32. The SMILES string of the molecule is CSC1(CNC(C)c2ccc(Br)cc2F)CCC1. The first kappa shape index (κ1) is 14.4. The molecule has 1 aliphatic carbocycles. The fourth-order valence-corrected chi connectivity index (χ4v) is 3.58. The van der Waals surface area contributed by atoms with Gasteiger partial charge in [0, 0.05) is 27.4 Å². The number of benzene rings is 1. The summed E-state index contributed by atoms with van der Waals surface area (Å²) in [5.41, 5.74) is 0.744. The van der Waals surface area contributed by atoms with Crippen LogP contribution in [0.3, 0.4) is 0 Å². The molecule has 0 saturated heterocycles. The van der Waals surface area contributed by atoms with E-state index in [1.807, 2.05) is 30.8 Å². The van der Waals surface area contributed by atoms with Crippen LogP contribution in [0, 0.1) is 5.82 Å². The molecule has 0 radical (unpaired) electrons. The second-order valence-corrected chi connectivity index (χ2v) is 7.20. The zero-order valence-corrected chi connectivity index (χ0v) is 13.2. The summed E-state index contributed by atoms with van der Waals surface area (Å²) in [5.74, 6) is -0.142. The van der Waals surface area contributed by atoms with Gasteiger partial charge < -0.3 is 5.32 Å². The van der Waals surface area contributed by atoms with Crippen molar-refractivity contribution in [3.05, 3.63) is 34.1 Å². The van der Waals surface area contributed by atoms with E-state index >= 15 is 0 Å². The zero-order chi connectivity index (χ0) is 13.2. The maximum Gasteiger partial charge on any atom is 0.129 e. The Hall–Kier alpha value is -0.0600. The van der Waals surface area contributed by atoms with Crippen molar-refractivity contribution in [2.45, 2.75) is 37.0 Å². The van der Waals surface area contributed by atoms with Gasteiger partial charge in [-0.25, -0.2) is 4.39 Å². The van der Waals surface area contributed by atoms with E-state index in [-0.39, 0.29) is 11.9 Å². The molecule has 1 atom stereocenters. The minimum absolute atomic E-state index is 0.0581. The highest BCUT2D eigenvalue weighted by molar-refractivity contribution is 9.10. The normalized spacial score (nSPS) is 19.3. The number of hydrogen-bond donors (Lipinski definition) is 1. The van der Waals surface area contributed by atoms with Gasteiger partial charge in [0.25, 0.3) is 0 Å². The molecule has 1 fully saturated rings. The summed E-state index contributed by atoms with van der Waals surface area (Å²) in [6, 6.07) is 5.33. The maximum absolute atomic E-state index is 13.8. The van der Waals surface area contributed by atoms with E-state index in [4.69, 9.17) is 0 Å². The van der Waals surface area contributed by atoms with E-state index in [0.717, 1.165) is 16.6 Å². The van der Waals surface area contributed by atoms with Gasteiger partial charge in [0.15, 0.2) is 0 Å². The lowest BCUT2D eigenvalue weighted by molar-refractivity contribution is 0.333. The minimum atomic E-state index is -0.142. The van der Waals surface area contributed by atoms with Crippen molar-refractivity contribution in [3.63, 3.8) is 0 Å². The van der Waals surface area contributed by atoms with Crippen LogP contribution >= 0.6 is 27.7 Å². The first-order chi connectivity index (χ1) is 8.56. The van der Waals surface area contributed by atoms with E-state index in [1.54, 1.807) is 0 Å². The predicted octanol–water partition coefficient (Wildman–Crippen LogP) is 4.52. The smallest absolute Gasteiger partial charge is 0.129 e. The van der Waals surface area contributed by atoms with E-state index in [0.29, 0.717) is 4.75 Å². The van der Waals surface area contributed by atoms with Crippen molar-refractivity contribution >= 4 is 27.7 Å². The summed E-state index contributed by atoms with van der Waals surface area (Å²) >= 11 is 5.22. The van der Waals surface area contributed by atoms with Crippen LogP contribution in [0.5, 0.6) is 0 Å². The van der Waals surface area contributed by atoms with E-state index in [1.165, 1.54) is 25.3 Å². The highest BCUT2D eigenvalue weighted by Gasteiger charge is 2.36. The van der Waals surface area contributed by atoms with Gasteiger partial charge in [-0.05, 0) is 38.2 Å². The van der Waals surface area contributed by atoms with E-state index in [9.17, 15) is 4.39 Å². The molecule has 0 amide bonds. The topological polar surface area (TPSA) is 12.0 Å². The van der Waals surface area contributed by atoms with Gasteiger partial charge in [0.2, 0.25) is 0 Å². The number of hydrogen-bond acceptors (Lipinski definition) is 2. The third kappa shape index (κ3) is 3.09. The molecule has 4 heteroatoms. The van der Waals surface area contributed by atoms with Gasteiger partial charge in [-0.2, -0.15) is 11.8 Å². The van der Waals surface area contributed by atoms with Crippen molar-refractivity contribution in [2.24, 2.45) is 0 Å².